The minimum atomic E-state index is 0.560. The summed E-state index contributed by atoms with van der Waals surface area (Å²) in [6.45, 7) is 0. The summed E-state index contributed by atoms with van der Waals surface area (Å²) in [4.78, 5) is 16.3. The molecule has 0 unspecified atom stereocenters. The summed E-state index contributed by atoms with van der Waals surface area (Å²) < 4.78 is 4.92. The number of fused-ring (bicyclic) bond motifs is 20. The predicted octanol–water partition coefficient (Wildman–Crippen LogP) is 15.2. The molecule has 0 amide bonds. The summed E-state index contributed by atoms with van der Waals surface area (Å²) in [5.41, 5.74) is 7.30. The van der Waals surface area contributed by atoms with Gasteiger partial charge in [0, 0.05) is 49.1 Å². The van der Waals surface area contributed by atoms with Crippen LogP contribution >= 0.6 is 0 Å². The van der Waals surface area contributed by atoms with Crippen molar-refractivity contribution in [2.45, 2.75) is 0 Å². The monoisotopic (exact) mass is 813 g/mol. The average molecular weight is 814 g/mol. The molecule has 14 rings (SSSR count). The Balaban J connectivity index is 1.35. The molecule has 0 saturated heterocycles. The van der Waals surface area contributed by atoms with Crippen LogP contribution in [0.2, 0.25) is 0 Å². The van der Waals surface area contributed by atoms with Crippen LogP contribution in [0.1, 0.15) is 0 Å². The lowest BCUT2D eigenvalue weighted by atomic mass is 9.92. The fourth-order valence-corrected chi connectivity index (χ4v) is 10.7. The summed E-state index contributed by atoms with van der Waals surface area (Å²) in [5, 5.41) is 16.7. The maximum atomic E-state index is 5.53. The van der Waals surface area contributed by atoms with Gasteiger partial charge in [0.2, 0.25) is 5.95 Å². The molecule has 0 aliphatic heterocycles. The Hall–Kier alpha value is -8.67. The van der Waals surface area contributed by atoms with E-state index in [-0.39, 0.29) is 0 Å². The van der Waals surface area contributed by atoms with E-state index in [0.29, 0.717) is 17.6 Å². The molecule has 3 aromatic heterocycles. The van der Waals surface area contributed by atoms with Crippen LogP contribution in [-0.4, -0.2) is 24.1 Å². The molecule has 0 spiro atoms. The Morgan fingerprint density at radius 3 is 0.969 bits per heavy atom. The van der Waals surface area contributed by atoms with Gasteiger partial charge in [0.05, 0.1) is 22.1 Å². The van der Waals surface area contributed by atoms with Gasteiger partial charge < -0.3 is 4.57 Å². The van der Waals surface area contributed by atoms with Crippen molar-refractivity contribution in [3.05, 3.63) is 212 Å². The van der Waals surface area contributed by atoms with Gasteiger partial charge in [-0.2, -0.15) is 9.97 Å². The van der Waals surface area contributed by atoms with Crippen LogP contribution in [0.15, 0.2) is 212 Å². The van der Waals surface area contributed by atoms with Gasteiger partial charge in [-0.25, -0.2) is 4.98 Å². The van der Waals surface area contributed by atoms with Crippen molar-refractivity contribution in [2.24, 2.45) is 0 Å². The minimum Gasteiger partial charge on any atom is -0.307 e. The van der Waals surface area contributed by atoms with E-state index in [1.807, 2.05) is 36.4 Å². The second kappa shape index (κ2) is 13.4. The molecule has 0 N–H and O–H groups in total. The molecule has 0 bridgehead atoms. The molecule has 0 fully saturated rings. The predicted molar refractivity (Wildman–Crippen MR) is 267 cm³/mol. The number of nitrogens with zero attached hydrogens (tertiary/aromatic N) is 5. The number of para-hydroxylation sites is 1. The van der Waals surface area contributed by atoms with Crippen LogP contribution in [0, 0.1) is 0 Å². The first-order chi connectivity index (χ1) is 31.8. The van der Waals surface area contributed by atoms with Gasteiger partial charge in [-0.05, 0) is 55.2 Å². The van der Waals surface area contributed by atoms with Crippen molar-refractivity contribution in [2.75, 3.05) is 0 Å². The number of benzene rings is 11. The van der Waals surface area contributed by atoms with Gasteiger partial charge in [0.15, 0.2) is 11.6 Å². The third-order valence-corrected chi connectivity index (χ3v) is 13.3. The molecule has 3 heterocycles. The molecule has 5 nitrogen and oxygen atoms in total. The molecule has 64 heavy (non-hydrogen) atoms. The van der Waals surface area contributed by atoms with E-state index in [2.05, 4.69) is 185 Å². The molecular weight excluding hydrogens is 779 g/mol. The van der Waals surface area contributed by atoms with Crippen molar-refractivity contribution in [3.63, 3.8) is 0 Å². The highest BCUT2D eigenvalue weighted by molar-refractivity contribution is 6.45. The first-order valence-corrected chi connectivity index (χ1v) is 21.8. The van der Waals surface area contributed by atoms with Crippen LogP contribution in [0.5, 0.6) is 0 Å². The van der Waals surface area contributed by atoms with Crippen molar-refractivity contribution >= 4 is 97.5 Å². The summed E-state index contributed by atoms with van der Waals surface area (Å²) >= 11 is 0. The Bertz CT molecular complexity index is 4170. The average Bonchev–Trinajstić information content (AvgIpc) is 3.93. The minimum absolute atomic E-state index is 0.560. The Kier molecular flexibility index (Phi) is 7.33. The zero-order valence-electron chi connectivity index (χ0n) is 34.4. The van der Waals surface area contributed by atoms with Crippen molar-refractivity contribution in [3.8, 4) is 34.4 Å². The standard InChI is InChI=1S/C59H35N5/c1-4-20-36(21-5-1)57-60-58(37-22-6-2-7-23-37)62-59(61-57)64-54-48-35-19-13-29-42(48)40-27-11-15-31-44(40)50(54)52-46-33-17-16-32-45(46)51-49-43-30-14-10-26-39(43)41-28-12-18-34-47(41)53(49)63(55(51)56(52)64)38-24-8-3-9-25-38/h1-35H. The largest absolute Gasteiger partial charge is 0.307 e. The highest BCUT2D eigenvalue weighted by Crippen LogP contribution is 2.52. The van der Waals surface area contributed by atoms with E-state index in [0.717, 1.165) is 44.1 Å². The third kappa shape index (κ3) is 4.81. The van der Waals surface area contributed by atoms with E-state index < -0.39 is 0 Å². The summed E-state index contributed by atoms with van der Waals surface area (Å²) in [7, 11) is 0. The second-order valence-electron chi connectivity index (χ2n) is 16.6. The third-order valence-electron chi connectivity index (χ3n) is 13.3. The molecule has 0 aliphatic rings. The van der Waals surface area contributed by atoms with E-state index in [9.17, 15) is 0 Å². The fourth-order valence-electron chi connectivity index (χ4n) is 10.7. The number of hydrogen-bond acceptors (Lipinski definition) is 3. The first-order valence-electron chi connectivity index (χ1n) is 21.8. The van der Waals surface area contributed by atoms with Crippen molar-refractivity contribution in [1.29, 1.82) is 0 Å². The van der Waals surface area contributed by atoms with Gasteiger partial charge in [-0.3, -0.25) is 4.57 Å². The molecule has 0 aliphatic carbocycles. The van der Waals surface area contributed by atoms with Crippen LogP contribution in [0.25, 0.3) is 132 Å². The fraction of sp³-hybridized carbons (Fsp3) is 0. The molecule has 11 aromatic carbocycles. The van der Waals surface area contributed by atoms with E-state index in [1.54, 1.807) is 0 Å². The van der Waals surface area contributed by atoms with Crippen LogP contribution in [-0.2, 0) is 0 Å². The van der Waals surface area contributed by atoms with E-state index >= 15 is 0 Å². The highest BCUT2D eigenvalue weighted by atomic mass is 15.2. The lowest BCUT2D eigenvalue weighted by Gasteiger charge is -2.15. The zero-order chi connectivity index (χ0) is 41.9. The molecular formula is C59H35N5. The molecule has 14 aromatic rings. The zero-order valence-corrected chi connectivity index (χ0v) is 34.4. The maximum absolute atomic E-state index is 5.53. The maximum Gasteiger partial charge on any atom is 0.238 e. The van der Waals surface area contributed by atoms with Gasteiger partial charge >= 0.3 is 0 Å². The Morgan fingerprint density at radius 2 is 0.531 bits per heavy atom. The van der Waals surface area contributed by atoms with Gasteiger partial charge in [0.25, 0.3) is 0 Å². The Labute approximate surface area is 366 Å². The van der Waals surface area contributed by atoms with Crippen molar-refractivity contribution in [1.82, 2.24) is 24.1 Å². The van der Waals surface area contributed by atoms with Crippen LogP contribution in [0.3, 0.4) is 0 Å². The van der Waals surface area contributed by atoms with Crippen molar-refractivity contribution < 1.29 is 0 Å². The van der Waals surface area contributed by atoms with E-state index in [1.165, 1.54) is 70.2 Å². The summed E-state index contributed by atoms with van der Waals surface area (Å²) in [6.07, 6.45) is 0. The molecule has 0 radical (unpaired) electrons. The SMILES string of the molecule is c1ccc(-c2nc(-c3ccccc3)nc(-n3c4c5ccccc5c5ccccc5c4c4c5ccccc5c5c6c7ccccc7c7ccccc7c6n(-c6ccccc6)c5c43)n2)cc1. The van der Waals surface area contributed by atoms with Crippen LogP contribution < -0.4 is 0 Å². The number of aromatic nitrogens is 5. The van der Waals surface area contributed by atoms with Gasteiger partial charge in [-0.1, -0.05) is 200 Å². The lowest BCUT2D eigenvalue weighted by Crippen LogP contribution is -2.07. The van der Waals surface area contributed by atoms with Gasteiger partial charge in [0.1, 0.15) is 0 Å². The molecule has 296 valence electrons. The molecule has 0 saturated carbocycles. The number of hydrogen-bond donors (Lipinski definition) is 0. The first kappa shape index (κ1) is 35.0. The summed E-state index contributed by atoms with van der Waals surface area (Å²) in [5.74, 6) is 1.79. The smallest absolute Gasteiger partial charge is 0.238 e. The topological polar surface area (TPSA) is 48.5 Å². The molecule has 0 atom stereocenters. The van der Waals surface area contributed by atoms with E-state index in [4.69, 9.17) is 15.0 Å². The number of rotatable bonds is 4. The quantitative estimate of drug-likeness (QED) is 0.166. The molecule has 5 heteroatoms. The van der Waals surface area contributed by atoms with Gasteiger partial charge in [-0.15, -0.1) is 0 Å². The highest BCUT2D eigenvalue weighted by Gasteiger charge is 2.30. The summed E-state index contributed by atoms with van der Waals surface area (Å²) in [6, 6.07) is 76.0. The Morgan fingerprint density at radius 1 is 0.234 bits per heavy atom. The second-order valence-corrected chi connectivity index (χ2v) is 16.6. The lowest BCUT2D eigenvalue weighted by molar-refractivity contribution is 0.955. The van der Waals surface area contributed by atoms with Crippen LogP contribution in [0.4, 0.5) is 0 Å². The normalized spacial score (nSPS) is 12.1.